The lowest BCUT2D eigenvalue weighted by Crippen LogP contribution is -2.33. The van der Waals surface area contributed by atoms with Crippen molar-refractivity contribution >= 4 is 0 Å². The molecule has 1 aliphatic rings. The van der Waals surface area contributed by atoms with Crippen LogP contribution in [0.1, 0.15) is 32.6 Å². The van der Waals surface area contributed by atoms with Gasteiger partial charge in [-0.15, -0.1) is 0 Å². The second-order valence-electron chi connectivity index (χ2n) is 3.34. The van der Waals surface area contributed by atoms with E-state index in [1.165, 1.54) is 19.3 Å². The van der Waals surface area contributed by atoms with Crippen molar-refractivity contribution in [2.75, 3.05) is 19.8 Å². The lowest BCUT2D eigenvalue weighted by molar-refractivity contribution is -0.136. The van der Waals surface area contributed by atoms with E-state index >= 15 is 0 Å². The van der Waals surface area contributed by atoms with Crippen molar-refractivity contribution in [3.8, 4) is 0 Å². The molecule has 1 fully saturated rings. The molecule has 0 aromatic carbocycles. The number of ether oxygens (including phenoxy) is 1. The molecule has 3 heteroatoms. The minimum absolute atomic E-state index is 0.577. The summed E-state index contributed by atoms with van der Waals surface area (Å²) in [6.07, 6.45) is 3.98. The summed E-state index contributed by atoms with van der Waals surface area (Å²) in [7, 11) is 0. The van der Waals surface area contributed by atoms with Crippen molar-refractivity contribution in [2.45, 2.75) is 38.9 Å². The van der Waals surface area contributed by atoms with Crippen molar-refractivity contribution in [3.63, 3.8) is 0 Å². The molecule has 0 aromatic rings. The van der Waals surface area contributed by atoms with E-state index in [4.69, 9.17) is 9.84 Å². The van der Waals surface area contributed by atoms with Crippen LogP contribution in [-0.2, 0) is 4.74 Å². The number of hydrogen-bond acceptors (Lipinski definition) is 3. The van der Waals surface area contributed by atoms with Gasteiger partial charge >= 0.3 is 0 Å². The summed E-state index contributed by atoms with van der Waals surface area (Å²) in [6, 6.07) is 0. The SMILES string of the molecule is CCC(O)OCN1CCCCC1. The number of aliphatic hydroxyl groups excluding tert-OH is 1. The van der Waals surface area contributed by atoms with Gasteiger partial charge in [-0.05, 0) is 19.3 Å². The van der Waals surface area contributed by atoms with E-state index < -0.39 is 6.29 Å². The normalized spacial score (nSPS) is 22.5. The first-order valence-electron chi connectivity index (χ1n) is 4.85. The third-order valence-corrected chi connectivity index (χ3v) is 2.25. The fourth-order valence-corrected chi connectivity index (χ4v) is 1.40. The smallest absolute Gasteiger partial charge is 0.156 e. The first-order chi connectivity index (χ1) is 5.83. The average molecular weight is 173 g/mol. The van der Waals surface area contributed by atoms with Crippen LogP contribution in [0.4, 0.5) is 0 Å². The van der Waals surface area contributed by atoms with Gasteiger partial charge in [-0.25, -0.2) is 0 Å². The molecule has 0 bridgehead atoms. The predicted molar refractivity (Wildman–Crippen MR) is 47.7 cm³/mol. The Kier molecular flexibility index (Phi) is 4.58. The van der Waals surface area contributed by atoms with E-state index in [0.717, 1.165) is 13.1 Å². The van der Waals surface area contributed by atoms with E-state index in [0.29, 0.717) is 13.2 Å². The third-order valence-electron chi connectivity index (χ3n) is 2.25. The molecule has 1 aliphatic heterocycles. The van der Waals surface area contributed by atoms with Crippen molar-refractivity contribution in [3.05, 3.63) is 0 Å². The monoisotopic (exact) mass is 173 g/mol. The zero-order valence-electron chi connectivity index (χ0n) is 7.83. The van der Waals surface area contributed by atoms with Gasteiger partial charge < -0.3 is 9.84 Å². The Labute approximate surface area is 74.3 Å². The van der Waals surface area contributed by atoms with Gasteiger partial charge in [0.05, 0.1) is 0 Å². The maximum Gasteiger partial charge on any atom is 0.156 e. The van der Waals surface area contributed by atoms with E-state index in [1.54, 1.807) is 0 Å². The molecule has 1 saturated heterocycles. The Morgan fingerprint density at radius 3 is 2.58 bits per heavy atom. The van der Waals surface area contributed by atoms with Crippen molar-refractivity contribution < 1.29 is 9.84 Å². The maximum atomic E-state index is 9.14. The molecule has 0 radical (unpaired) electrons. The maximum absolute atomic E-state index is 9.14. The summed E-state index contributed by atoms with van der Waals surface area (Å²) in [5.41, 5.74) is 0. The molecule has 0 aliphatic carbocycles. The largest absolute Gasteiger partial charge is 0.368 e. The fraction of sp³-hybridized carbons (Fsp3) is 1.00. The zero-order chi connectivity index (χ0) is 8.81. The van der Waals surface area contributed by atoms with Gasteiger partial charge in [0.2, 0.25) is 0 Å². The van der Waals surface area contributed by atoms with E-state index in [-0.39, 0.29) is 0 Å². The molecule has 0 aromatic heterocycles. The van der Waals surface area contributed by atoms with Crippen LogP contribution in [0.25, 0.3) is 0 Å². The van der Waals surface area contributed by atoms with Crippen molar-refractivity contribution in [1.29, 1.82) is 0 Å². The Morgan fingerprint density at radius 1 is 1.33 bits per heavy atom. The number of rotatable bonds is 4. The summed E-state index contributed by atoms with van der Waals surface area (Å²) < 4.78 is 5.21. The fourth-order valence-electron chi connectivity index (χ4n) is 1.40. The Balaban J connectivity index is 2.05. The van der Waals surface area contributed by atoms with Crippen LogP contribution in [-0.4, -0.2) is 36.1 Å². The number of hydrogen-bond donors (Lipinski definition) is 1. The van der Waals surface area contributed by atoms with Gasteiger partial charge in [-0.1, -0.05) is 13.3 Å². The molecular formula is C9H19NO2. The standard InChI is InChI=1S/C9H19NO2/c1-2-9(11)12-8-10-6-4-3-5-7-10/h9,11H,2-8H2,1H3. The molecule has 1 heterocycles. The highest BCUT2D eigenvalue weighted by molar-refractivity contribution is 4.60. The van der Waals surface area contributed by atoms with Crippen LogP contribution in [0.15, 0.2) is 0 Å². The minimum Gasteiger partial charge on any atom is -0.368 e. The second kappa shape index (κ2) is 5.51. The molecule has 1 atom stereocenters. The highest BCUT2D eigenvalue weighted by Gasteiger charge is 2.10. The molecular weight excluding hydrogens is 154 g/mol. The van der Waals surface area contributed by atoms with Gasteiger partial charge in [0.25, 0.3) is 0 Å². The zero-order valence-corrected chi connectivity index (χ0v) is 7.83. The van der Waals surface area contributed by atoms with Gasteiger partial charge in [-0.3, -0.25) is 4.90 Å². The molecule has 1 rings (SSSR count). The molecule has 72 valence electrons. The van der Waals surface area contributed by atoms with Gasteiger partial charge in [0.1, 0.15) is 6.73 Å². The molecule has 12 heavy (non-hydrogen) atoms. The van der Waals surface area contributed by atoms with Crippen LogP contribution in [0.5, 0.6) is 0 Å². The summed E-state index contributed by atoms with van der Waals surface area (Å²) in [5, 5.41) is 9.14. The molecule has 1 N–H and O–H groups in total. The number of likely N-dealkylation sites (tertiary alicyclic amines) is 1. The summed E-state index contributed by atoms with van der Waals surface area (Å²) >= 11 is 0. The lowest BCUT2D eigenvalue weighted by atomic mass is 10.1. The molecule has 3 nitrogen and oxygen atoms in total. The average Bonchev–Trinajstić information content (AvgIpc) is 2.16. The molecule has 0 saturated carbocycles. The topological polar surface area (TPSA) is 32.7 Å². The number of nitrogens with zero attached hydrogens (tertiary/aromatic N) is 1. The van der Waals surface area contributed by atoms with Crippen molar-refractivity contribution in [2.24, 2.45) is 0 Å². The highest BCUT2D eigenvalue weighted by Crippen LogP contribution is 2.08. The highest BCUT2D eigenvalue weighted by atomic mass is 16.6. The Morgan fingerprint density at radius 2 is 2.00 bits per heavy atom. The van der Waals surface area contributed by atoms with Crippen LogP contribution < -0.4 is 0 Å². The van der Waals surface area contributed by atoms with E-state index in [1.807, 2.05) is 6.92 Å². The Bertz CT molecular complexity index is 113. The first kappa shape index (κ1) is 9.96. The molecule has 0 amide bonds. The Hall–Kier alpha value is -0.120. The second-order valence-corrected chi connectivity index (χ2v) is 3.34. The van der Waals surface area contributed by atoms with E-state index in [9.17, 15) is 0 Å². The molecule has 0 spiro atoms. The van der Waals surface area contributed by atoms with Gasteiger partial charge in [0.15, 0.2) is 6.29 Å². The van der Waals surface area contributed by atoms with E-state index in [2.05, 4.69) is 4.90 Å². The number of piperidine rings is 1. The van der Waals surface area contributed by atoms with Crippen molar-refractivity contribution in [1.82, 2.24) is 4.90 Å². The lowest BCUT2D eigenvalue weighted by Gasteiger charge is -2.26. The summed E-state index contributed by atoms with van der Waals surface area (Å²) in [6.45, 7) is 4.75. The summed E-state index contributed by atoms with van der Waals surface area (Å²) in [5.74, 6) is 0. The first-order valence-corrected chi connectivity index (χ1v) is 4.85. The summed E-state index contributed by atoms with van der Waals surface area (Å²) in [4.78, 5) is 2.25. The van der Waals surface area contributed by atoms with Crippen LogP contribution >= 0.6 is 0 Å². The van der Waals surface area contributed by atoms with Crippen LogP contribution in [0, 0.1) is 0 Å². The third kappa shape index (κ3) is 3.52. The number of aliphatic hydroxyl groups is 1. The van der Waals surface area contributed by atoms with Gasteiger partial charge in [-0.2, -0.15) is 0 Å². The minimum atomic E-state index is -0.577. The van der Waals surface area contributed by atoms with Gasteiger partial charge in [0, 0.05) is 13.1 Å². The predicted octanol–water partition coefficient (Wildman–Crippen LogP) is 1.17. The van der Waals surface area contributed by atoms with Crippen LogP contribution in [0.3, 0.4) is 0 Å². The quantitative estimate of drug-likeness (QED) is 0.648. The molecule has 1 unspecified atom stereocenters. The van der Waals surface area contributed by atoms with Crippen LogP contribution in [0.2, 0.25) is 0 Å².